The van der Waals surface area contributed by atoms with E-state index in [-0.39, 0.29) is 24.6 Å². The second-order valence-corrected chi connectivity index (χ2v) is 5.55. The minimum Gasteiger partial charge on any atom is -0.479 e. The fourth-order valence-electron chi connectivity index (χ4n) is 1.61. The zero-order valence-electron chi connectivity index (χ0n) is 8.87. The van der Waals surface area contributed by atoms with Crippen molar-refractivity contribution in [3.05, 3.63) is 18.5 Å². The number of aromatic amines is 1. The first-order chi connectivity index (χ1) is 8.01. The predicted molar refractivity (Wildman–Crippen MR) is 56.9 cm³/mol. The molecule has 0 saturated carbocycles. The van der Waals surface area contributed by atoms with Gasteiger partial charge < -0.3 is 14.8 Å². The highest BCUT2D eigenvalue weighted by Gasteiger charge is 2.34. The summed E-state index contributed by atoms with van der Waals surface area (Å²) in [5.41, 5.74) is 0. The number of hydrogen-bond acceptors (Lipinski definition) is 4. The molecular formula is C9H12N2O5S. The Morgan fingerprint density at radius 2 is 2.35 bits per heavy atom. The zero-order valence-corrected chi connectivity index (χ0v) is 9.68. The number of carboxylic acids is 1. The molecule has 0 aromatic carbocycles. The van der Waals surface area contributed by atoms with Crippen LogP contribution in [-0.2, 0) is 19.6 Å². The number of carbonyl (C=O) groups is 1. The molecule has 1 aliphatic heterocycles. The molecule has 0 aliphatic carbocycles. The van der Waals surface area contributed by atoms with Crippen molar-refractivity contribution >= 4 is 16.0 Å². The first-order valence-electron chi connectivity index (χ1n) is 4.99. The third-order valence-electron chi connectivity index (χ3n) is 2.51. The van der Waals surface area contributed by atoms with Gasteiger partial charge in [0.1, 0.15) is 0 Å². The van der Waals surface area contributed by atoms with Crippen LogP contribution in [0.3, 0.4) is 0 Å². The molecule has 7 nitrogen and oxygen atoms in total. The van der Waals surface area contributed by atoms with Crippen molar-refractivity contribution < 1.29 is 23.1 Å². The van der Waals surface area contributed by atoms with E-state index in [0.717, 1.165) is 4.31 Å². The smallest absolute Gasteiger partial charge is 0.334 e. The maximum absolute atomic E-state index is 12.1. The summed E-state index contributed by atoms with van der Waals surface area (Å²) in [4.78, 5) is 13.5. The highest BCUT2D eigenvalue weighted by atomic mass is 32.2. The quantitative estimate of drug-likeness (QED) is 0.762. The molecule has 0 amide bonds. The zero-order chi connectivity index (χ0) is 12.5. The number of ether oxygens (including phenoxy) is 1. The molecule has 94 valence electrons. The van der Waals surface area contributed by atoms with Gasteiger partial charge >= 0.3 is 5.97 Å². The van der Waals surface area contributed by atoms with E-state index in [4.69, 9.17) is 9.84 Å². The van der Waals surface area contributed by atoms with Crippen LogP contribution in [0.1, 0.15) is 0 Å². The van der Waals surface area contributed by atoms with Gasteiger partial charge in [0.05, 0.1) is 18.0 Å². The van der Waals surface area contributed by atoms with Gasteiger partial charge in [-0.1, -0.05) is 0 Å². The van der Waals surface area contributed by atoms with Gasteiger partial charge in [-0.2, -0.15) is 4.31 Å². The molecule has 2 N–H and O–H groups in total. The SMILES string of the molecule is O=C(O)C1CN(S(=O)(=O)c2cc[nH]c2)CCO1. The first kappa shape index (κ1) is 12.1. The lowest BCUT2D eigenvalue weighted by Crippen LogP contribution is -2.48. The topological polar surface area (TPSA) is 99.7 Å². The van der Waals surface area contributed by atoms with Gasteiger partial charge in [-0.15, -0.1) is 0 Å². The van der Waals surface area contributed by atoms with Crippen molar-refractivity contribution in [2.45, 2.75) is 11.0 Å². The monoisotopic (exact) mass is 260 g/mol. The van der Waals surface area contributed by atoms with Crippen LogP contribution >= 0.6 is 0 Å². The Kier molecular flexibility index (Phi) is 3.18. The van der Waals surface area contributed by atoms with Gasteiger partial charge in [0, 0.05) is 18.9 Å². The molecule has 0 radical (unpaired) electrons. The lowest BCUT2D eigenvalue weighted by Gasteiger charge is -2.29. The number of carboxylic acid groups (broad SMARTS) is 1. The van der Waals surface area contributed by atoms with Gasteiger partial charge in [0.25, 0.3) is 0 Å². The number of aromatic nitrogens is 1. The first-order valence-corrected chi connectivity index (χ1v) is 6.43. The molecule has 17 heavy (non-hydrogen) atoms. The van der Waals surface area contributed by atoms with Gasteiger partial charge in [0.2, 0.25) is 10.0 Å². The van der Waals surface area contributed by atoms with E-state index in [1.165, 1.54) is 18.5 Å². The third-order valence-corrected chi connectivity index (χ3v) is 4.37. The average molecular weight is 260 g/mol. The number of rotatable bonds is 3. The Hall–Kier alpha value is -1.38. The summed E-state index contributed by atoms with van der Waals surface area (Å²) < 4.78 is 30.2. The number of nitrogens with one attached hydrogen (secondary N) is 1. The molecule has 1 aromatic heterocycles. The summed E-state index contributed by atoms with van der Waals surface area (Å²) in [5.74, 6) is -1.15. The van der Waals surface area contributed by atoms with Crippen LogP contribution in [0, 0.1) is 0 Å². The van der Waals surface area contributed by atoms with Crippen molar-refractivity contribution in [1.29, 1.82) is 0 Å². The highest BCUT2D eigenvalue weighted by Crippen LogP contribution is 2.18. The number of H-pyrrole nitrogens is 1. The van der Waals surface area contributed by atoms with Crippen molar-refractivity contribution in [2.75, 3.05) is 19.7 Å². The molecule has 1 saturated heterocycles. The van der Waals surface area contributed by atoms with Gasteiger partial charge in [0.15, 0.2) is 6.10 Å². The van der Waals surface area contributed by atoms with E-state index in [9.17, 15) is 13.2 Å². The van der Waals surface area contributed by atoms with Gasteiger partial charge in [-0.05, 0) is 6.07 Å². The molecule has 1 atom stereocenters. The lowest BCUT2D eigenvalue weighted by molar-refractivity contribution is -0.153. The molecule has 1 unspecified atom stereocenters. The number of hydrogen-bond donors (Lipinski definition) is 2. The van der Waals surface area contributed by atoms with Crippen LogP contribution in [0.15, 0.2) is 23.4 Å². The molecule has 0 bridgehead atoms. The normalized spacial score (nSPS) is 22.5. The number of morpholine rings is 1. The van der Waals surface area contributed by atoms with Crippen LogP contribution in [0.25, 0.3) is 0 Å². The van der Waals surface area contributed by atoms with E-state index in [1.807, 2.05) is 0 Å². The number of nitrogens with zero attached hydrogens (tertiary/aromatic N) is 1. The van der Waals surface area contributed by atoms with Crippen LogP contribution < -0.4 is 0 Å². The molecule has 2 rings (SSSR count). The summed E-state index contributed by atoms with van der Waals surface area (Å²) >= 11 is 0. The minimum atomic E-state index is -3.63. The van der Waals surface area contributed by atoms with Crippen molar-refractivity contribution in [3.63, 3.8) is 0 Å². The molecule has 8 heteroatoms. The Balaban J connectivity index is 2.20. The maximum Gasteiger partial charge on any atom is 0.334 e. The maximum atomic E-state index is 12.1. The van der Waals surface area contributed by atoms with E-state index in [0.29, 0.717) is 0 Å². The summed E-state index contributed by atoms with van der Waals surface area (Å²) in [6, 6.07) is 1.43. The molecule has 1 aromatic rings. The van der Waals surface area contributed by atoms with Crippen molar-refractivity contribution in [1.82, 2.24) is 9.29 Å². The minimum absolute atomic E-state index is 0.0839. The van der Waals surface area contributed by atoms with Crippen molar-refractivity contribution in [3.8, 4) is 0 Å². The Bertz CT molecular complexity index is 495. The molecule has 1 fully saturated rings. The van der Waals surface area contributed by atoms with Crippen LogP contribution in [0.4, 0.5) is 0 Å². The van der Waals surface area contributed by atoms with Gasteiger partial charge in [-0.3, -0.25) is 0 Å². The Morgan fingerprint density at radius 1 is 1.59 bits per heavy atom. The molecule has 0 spiro atoms. The van der Waals surface area contributed by atoms with Gasteiger partial charge in [-0.25, -0.2) is 13.2 Å². The highest BCUT2D eigenvalue weighted by molar-refractivity contribution is 7.89. The fourth-order valence-corrected chi connectivity index (χ4v) is 3.01. The summed E-state index contributed by atoms with van der Waals surface area (Å²) in [6.07, 6.45) is 1.76. The largest absolute Gasteiger partial charge is 0.479 e. The van der Waals surface area contributed by atoms with Crippen LogP contribution in [-0.4, -0.2) is 54.6 Å². The standard InChI is InChI=1S/C9H12N2O5S/c12-9(13)8-6-11(3-4-16-8)17(14,15)7-1-2-10-5-7/h1-2,5,8,10H,3-4,6H2,(H,12,13). The molecular weight excluding hydrogens is 248 g/mol. The molecule has 1 aliphatic rings. The van der Waals surface area contributed by atoms with Crippen molar-refractivity contribution in [2.24, 2.45) is 0 Å². The summed E-state index contributed by atoms with van der Waals surface area (Å²) in [5, 5.41) is 8.80. The predicted octanol–water partition coefficient (Wildman–Crippen LogP) is -0.511. The third kappa shape index (κ3) is 2.33. The van der Waals surface area contributed by atoms with E-state index in [2.05, 4.69) is 4.98 Å². The van der Waals surface area contributed by atoms with E-state index in [1.54, 1.807) is 0 Å². The second kappa shape index (κ2) is 4.47. The van der Waals surface area contributed by atoms with Crippen LogP contribution in [0.2, 0.25) is 0 Å². The Morgan fingerprint density at radius 3 is 2.94 bits per heavy atom. The Labute approximate surface area is 98.0 Å². The lowest BCUT2D eigenvalue weighted by atomic mass is 10.3. The number of aliphatic carboxylic acids is 1. The average Bonchev–Trinajstić information content (AvgIpc) is 2.83. The second-order valence-electron chi connectivity index (χ2n) is 3.61. The molecule has 2 heterocycles. The number of sulfonamides is 1. The van der Waals surface area contributed by atoms with Crippen LogP contribution in [0.5, 0.6) is 0 Å². The summed E-state index contributed by atoms with van der Waals surface area (Å²) in [6.45, 7) is 0.0841. The van der Waals surface area contributed by atoms with E-state index >= 15 is 0 Å². The van der Waals surface area contributed by atoms with E-state index < -0.39 is 22.1 Å². The fraction of sp³-hybridized carbons (Fsp3) is 0.444. The summed E-state index contributed by atoms with van der Waals surface area (Å²) in [7, 11) is -3.63.